The molecule has 2 atom stereocenters. The number of nitrogens with one attached hydrogen (secondary N) is 2. The molecule has 6 heteroatoms. The van der Waals surface area contributed by atoms with Crippen LogP contribution in [0.5, 0.6) is 0 Å². The Morgan fingerprint density at radius 1 is 1.29 bits per heavy atom. The third-order valence-electron chi connectivity index (χ3n) is 3.36. The molecule has 1 aliphatic rings. The van der Waals surface area contributed by atoms with Crippen LogP contribution in [0.2, 0.25) is 0 Å². The summed E-state index contributed by atoms with van der Waals surface area (Å²) < 4.78 is 0.792. The number of halogens is 1. The molecular formula is C11H18BrN5. The van der Waals surface area contributed by atoms with E-state index in [0.717, 1.165) is 10.3 Å². The van der Waals surface area contributed by atoms with Crippen LogP contribution in [-0.4, -0.2) is 16.0 Å². The largest absolute Gasteiger partial charge is 0.366 e. The molecule has 0 radical (unpaired) electrons. The van der Waals surface area contributed by atoms with Crippen molar-refractivity contribution in [1.29, 1.82) is 0 Å². The standard InChI is InChI=1S/C11H18BrN5/c1-7-4-2-3-5-8(7)16-10-9(12)11(17-13)15-6-14-10/h6-8H,2-5,13H2,1H3,(H2,14,15,16,17). The molecule has 1 saturated carbocycles. The van der Waals surface area contributed by atoms with Crippen molar-refractivity contribution in [2.75, 3.05) is 10.7 Å². The van der Waals surface area contributed by atoms with Gasteiger partial charge in [-0.2, -0.15) is 0 Å². The quantitative estimate of drug-likeness (QED) is 0.591. The van der Waals surface area contributed by atoms with E-state index in [0.29, 0.717) is 17.8 Å². The fourth-order valence-electron chi connectivity index (χ4n) is 2.28. The molecule has 5 nitrogen and oxygen atoms in total. The fraction of sp³-hybridized carbons (Fsp3) is 0.636. The molecule has 0 aromatic carbocycles. The van der Waals surface area contributed by atoms with Crippen molar-refractivity contribution >= 4 is 27.6 Å². The molecule has 0 saturated heterocycles. The van der Waals surface area contributed by atoms with E-state index >= 15 is 0 Å². The lowest BCUT2D eigenvalue weighted by Gasteiger charge is -2.30. The van der Waals surface area contributed by atoms with Crippen LogP contribution in [0, 0.1) is 5.92 Å². The number of rotatable bonds is 3. The van der Waals surface area contributed by atoms with Gasteiger partial charge in [-0.15, -0.1) is 0 Å². The van der Waals surface area contributed by atoms with Crippen LogP contribution >= 0.6 is 15.9 Å². The minimum Gasteiger partial charge on any atom is -0.366 e. The van der Waals surface area contributed by atoms with Crippen LogP contribution in [0.15, 0.2) is 10.8 Å². The summed E-state index contributed by atoms with van der Waals surface area (Å²) in [5.74, 6) is 7.48. The number of hydrogen-bond donors (Lipinski definition) is 3. The number of aromatic nitrogens is 2. The third kappa shape index (κ3) is 2.87. The number of nitrogen functional groups attached to an aromatic ring is 1. The molecule has 17 heavy (non-hydrogen) atoms. The minimum atomic E-state index is 0.487. The van der Waals surface area contributed by atoms with Gasteiger partial charge in [-0.1, -0.05) is 19.8 Å². The summed E-state index contributed by atoms with van der Waals surface area (Å²) in [5.41, 5.74) is 2.55. The molecule has 0 spiro atoms. The predicted octanol–water partition coefficient (Wildman–Crippen LogP) is 2.52. The second-order valence-electron chi connectivity index (χ2n) is 4.54. The van der Waals surface area contributed by atoms with E-state index in [1.165, 1.54) is 32.0 Å². The van der Waals surface area contributed by atoms with Gasteiger partial charge in [0.2, 0.25) is 0 Å². The maximum Gasteiger partial charge on any atom is 0.159 e. The monoisotopic (exact) mass is 299 g/mol. The second-order valence-corrected chi connectivity index (χ2v) is 5.33. The van der Waals surface area contributed by atoms with Gasteiger partial charge >= 0.3 is 0 Å². The summed E-state index contributed by atoms with van der Waals surface area (Å²) in [6.07, 6.45) is 6.60. The minimum absolute atomic E-state index is 0.487. The normalized spacial score (nSPS) is 24.4. The van der Waals surface area contributed by atoms with Crippen molar-refractivity contribution in [3.63, 3.8) is 0 Å². The van der Waals surface area contributed by atoms with E-state index in [-0.39, 0.29) is 0 Å². The van der Waals surface area contributed by atoms with Crippen LogP contribution in [0.3, 0.4) is 0 Å². The van der Waals surface area contributed by atoms with Crippen LogP contribution in [0.25, 0.3) is 0 Å². The van der Waals surface area contributed by atoms with Crippen LogP contribution in [0.1, 0.15) is 32.6 Å². The van der Waals surface area contributed by atoms with Crippen molar-refractivity contribution in [2.24, 2.45) is 11.8 Å². The molecular weight excluding hydrogens is 282 g/mol. The zero-order valence-corrected chi connectivity index (χ0v) is 11.5. The Morgan fingerprint density at radius 2 is 2.00 bits per heavy atom. The van der Waals surface area contributed by atoms with E-state index in [1.54, 1.807) is 0 Å². The second kappa shape index (κ2) is 5.64. The number of nitrogens with zero attached hydrogens (tertiary/aromatic N) is 2. The van der Waals surface area contributed by atoms with Crippen molar-refractivity contribution in [3.05, 3.63) is 10.8 Å². The molecule has 1 aromatic heterocycles. The van der Waals surface area contributed by atoms with Crippen molar-refractivity contribution in [2.45, 2.75) is 38.6 Å². The zero-order valence-electron chi connectivity index (χ0n) is 9.91. The van der Waals surface area contributed by atoms with E-state index in [4.69, 9.17) is 5.84 Å². The zero-order chi connectivity index (χ0) is 12.3. The van der Waals surface area contributed by atoms with Gasteiger partial charge in [-0.05, 0) is 34.7 Å². The summed E-state index contributed by atoms with van der Waals surface area (Å²) in [5, 5.41) is 3.48. The van der Waals surface area contributed by atoms with Gasteiger partial charge in [-0.3, -0.25) is 0 Å². The maximum absolute atomic E-state index is 5.38. The van der Waals surface area contributed by atoms with Gasteiger partial charge in [0, 0.05) is 6.04 Å². The third-order valence-corrected chi connectivity index (χ3v) is 4.11. The van der Waals surface area contributed by atoms with E-state index in [2.05, 4.69) is 43.6 Å². The SMILES string of the molecule is CC1CCCCC1Nc1ncnc(NN)c1Br. The Kier molecular flexibility index (Phi) is 4.17. The van der Waals surface area contributed by atoms with Crippen LogP contribution in [0.4, 0.5) is 11.6 Å². The van der Waals surface area contributed by atoms with Crippen molar-refractivity contribution in [1.82, 2.24) is 9.97 Å². The Labute approximate surface area is 110 Å². The number of hydrogen-bond acceptors (Lipinski definition) is 5. The Hall–Kier alpha value is -0.880. The Balaban J connectivity index is 2.12. The Bertz CT molecular complexity index is 384. The van der Waals surface area contributed by atoms with Crippen molar-refractivity contribution in [3.8, 4) is 0 Å². The van der Waals surface area contributed by atoms with E-state index < -0.39 is 0 Å². The first-order valence-corrected chi connectivity index (χ1v) is 6.75. The molecule has 1 aliphatic carbocycles. The summed E-state index contributed by atoms with van der Waals surface area (Å²) >= 11 is 3.46. The van der Waals surface area contributed by atoms with Crippen molar-refractivity contribution < 1.29 is 0 Å². The molecule has 1 heterocycles. The molecule has 94 valence electrons. The van der Waals surface area contributed by atoms with Crippen LogP contribution < -0.4 is 16.6 Å². The molecule has 1 fully saturated rings. The molecule has 0 amide bonds. The van der Waals surface area contributed by atoms with Gasteiger partial charge in [0.05, 0.1) is 0 Å². The number of anilines is 2. The molecule has 2 rings (SSSR count). The summed E-state index contributed by atoms with van der Waals surface area (Å²) in [4.78, 5) is 8.29. The van der Waals surface area contributed by atoms with Gasteiger partial charge in [0.15, 0.2) is 5.82 Å². The smallest absolute Gasteiger partial charge is 0.159 e. The fourth-order valence-corrected chi connectivity index (χ4v) is 2.71. The summed E-state index contributed by atoms with van der Waals surface area (Å²) in [6, 6.07) is 0.487. The summed E-state index contributed by atoms with van der Waals surface area (Å²) in [6.45, 7) is 2.29. The highest BCUT2D eigenvalue weighted by molar-refractivity contribution is 9.10. The van der Waals surface area contributed by atoms with Crippen LogP contribution in [-0.2, 0) is 0 Å². The van der Waals surface area contributed by atoms with E-state index in [1.807, 2.05) is 0 Å². The number of hydrazine groups is 1. The highest BCUT2D eigenvalue weighted by atomic mass is 79.9. The molecule has 2 unspecified atom stereocenters. The average Bonchev–Trinajstić information content (AvgIpc) is 2.34. The first-order chi connectivity index (χ1) is 8.22. The van der Waals surface area contributed by atoms with E-state index in [9.17, 15) is 0 Å². The Morgan fingerprint density at radius 3 is 2.71 bits per heavy atom. The molecule has 0 aliphatic heterocycles. The molecule has 1 aromatic rings. The highest BCUT2D eigenvalue weighted by Gasteiger charge is 2.22. The predicted molar refractivity (Wildman–Crippen MR) is 72.6 cm³/mol. The average molecular weight is 300 g/mol. The first-order valence-electron chi connectivity index (χ1n) is 5.96. The number of nitrogens with two attached hydrogens (primary N) is 1. The lowest BCUT2D eigenvalue weighted by Crippen LogP contribution is -2.31. The van der Waals surface area contributed by atoms with Gasteiger partial charge in [0.1, 0.15) is 16.6 Å². The lowest BCUT2D eigenvalue weighted by molar-refractivity contribution is 0.349. The molecule has 4 N–H and O–H groups in total. The highest BCUT2D eigenvalue weighted by Crippen LogP contribution is 2.30. The first kappa shape index (κ1) is 12.6. The molecule has 0 bridgehead atoms. The van der Waals surface area contributed by atoms with Gasteiger partial charge in [0.25, 0.3) is 0 Å². The maximum atomic E-state index is 5.38. The van der Waals surface area contributed by atoms with Gasteiger partial charge < -0.3 is 10.7 Å². The summed E-state index contributed by atoms with van der Waals surface area (Å²) in [7, 11) is 0. The topological polar surface area (TPSA) is 75.9 Å². The lowest BCUT2D eigenvalue weighted by atomic mass is 9.86. The van der Waals surface area contributed by atoms with Gasteiger partial charge in [-0.25, -0.2) is 15.8 Å².